The van der Waals surface area contributed by atoms with Crippen LogP contribution in [0.3, 0.4) is 0 Å². The fraction of sp³-hybridized carbons (Fsp3) is 0.333. The number of amides is 1. The molecule has 7 heteroatoms. The van der Waals surface area contributed by atoms with E-state index in [1.807, 2.05) is 0 Å². The van der Waals surface area contributed by atoms with Crippen LogP contribution in [-0.4, -0.2) is 24.5 Å². The van der Waals surface area contributed by atoms with Crippen LogP contribution in [0, 0.1) is 0 Å². The monoisotopic (exact) mass is 260 g/mol. The molecule has 0 aliphatic carbocycles. The number of azide groups is 1. The number of benzene rings is 1. The molecule has 1 amide bonds. The fourth-order valence-electron chi connectivity index (χ4n) is 1.79. The topological polar surface area (TPSA) is 104 Å². The minimum absolute atomic E-state index is 0.167. The lowest BCUT2D eigenvalue weighted by atomic mass is 10.1. The number of carbonyl (C=O) groups excluding carboxylic acids is 2. The molecule has 0 radical (unpaired) electrons. The number of ether oxygens (including phenoxy) is 1. The summed E-state index contributed by atoms with van der Waals surface area (Å²) < 4.78 is 4.76. The van der Waals surface area contributed by atoms with Gasteiger partial charge in [-0.2, -0.15) is 0 Å². The van der Waals surface area contributed by atoms with Crippen molar-refractivity contribution in [3.05, 3.63) is 40.3 Å². The molecule has 1 aliphatic rings. The van der Waals surface area contributed by atoms with Crippen LogP contribution in [0.2, 0.25) is 0 Å². The van der Waals surface area contributed by atoms with Crippen LogP contribution in [0.4, 0.5) is 5.69 Å². The Hall–Kier alpha value is -2.53. The van der Waals surface area contributed by atoms with Gasteiger partial charge in [-0.25, -0.2) is 4.79 Å². The number of esters is 1. The van der Waals surface area contributed by atoms with E-state index >= 15 is 0 Å². The van der Waals surface area contributed by atoms with E-state index in [0.29, 0.717) is 18.7 Å². The molecule has 1 saturated heterocycles. The van der Waals surface area contributed by atoms with E-state index in [1.165, 1.54) is 0 Å². The molecular formula is C12H12N4O3. The van der Waals surface area contributed by atoms with Crippen molar-refractivity contribution < 1.29 is 14.3 Å². The third kappa shape index (κ3) is 3.46. The highest BCUT2D eigenvalue weighted by atomic mass is 16.5. The fourth-order valence-corrected chi connectivity index (χ4v) is 1.79. The standard InChI is InChI=1S/C12H12N4O3/c13-16-15-9-3-1-8(2-4-9)7-11(17)14-10-5-6-19-12(10)18/h1-4,10H,5-7H2,(H,14,17)/t10-/m0/s1. The molecule has 1 aliphatic heterocycles. The number of cyclic esters (lactones) is 1. The van der Waals surface area contributed by atoms with Crippen LogP contribution in [-0.2, 0) is 20.7 Å². The van der Waals surface area contributed by atoms with E-state index in [4.69, 9.17) is 10.3 Å². The summed E-state index contributed by atoms with van der Waals surface area (Å²) in [4.78, 5) is 25.6. The number of hydrogen-bond donors (Lipinski definition) is 1. The van der Waals surface area contributed by atoms with E-state index in [9.17, 15) is 9.59 Å². The molecule has 2 rings (SSSR count). The third-order valence-electron chi connectivity index (χ3n) is 2.73. The minimum atomic E-state index is -0.532. The molecule has 1 atom stereocenters. The van der Waals surface area contributed by atoms with Crippen molar-refractivity contribution in [2.24, 2.45) is 5.11 Å². The summed E-state index contributed by atoms with van der Waals surface area (Å²) in [7, 11) is 0. The molecule has 0 unspecified atom stereocenters. The Morgan fingerprint density at radius 3 is 2.79 bits per heavy atom. The lowest BCUT2D eigenvalue weighted by Crippen LogP contribution is -2.38. The van der Waals surface area contributed by atoms with E-state index < -0.39 is 6.04 Å². The Labute approximate surface area is 109 Å². The van der Waals surface area contributed by atoms with Crippen molar-refractivity contribution in [3.63, 3.8) is 0 Å². The molecule has 1 heterocycles. The van der Waals surface area contributed by atoms with Gasteiger partial charge in [0.05, 0.1) is 13.0 Å². The molecule has 0 spiro atoms. The highest BCUT2D eigenvalue weighted by Gasteiger charge is 2.27. The zero-order valence-corrected chi connectivity index (χ0v) is 10.1. The van der Waals surface area contributed by atoms with E-state index in [0.717, 1.165) is 5.56 Å². The van der Waals surface area contributed by atoms with Crippen molar-refractivity contribution >= 4 is 17.6 Å². The Morgan fingerprint density at radius 1 is 1.47 bits per heavy atom. The van der Waals surface area contributed by atoms with Crippen LogP contribution in [0.5, 0.6) is 0 Å². The minimum Gasteiger partial charge on any atom is -0.464 e. The van der Waals surface area contributed by atoms with Gasteiger partial charge in [0.15, 0.2) is 0 Å². The Balaban J connectivity index is 1.91. The van der Waals surface area contributed by atoms with Gasteiger partial charge in [-0.05, 0) is 11.1 Å². The molecule has 98 valence electrons. The predicted molar refractivity (Wildman–Crippen MR) is 66.5 cm³/mol. The Kier molecular flexibility index (Phi) is 4.00. The molecule has 0 bridgehead atoms. The number of hydrogen-bond acceptors (Lipinski definition) is 4. The molecule has 1 fully saturated rings. The second-order valence-electron chi connectivity index (χ2n) is 4.11. The highest BCUT2D eigenvalue weighted by molar-refractivity contribution is 5.86. The molecule has 0 saturated carbocycles. The highest BCUT2D eigenvalue weighted by Crippen LogP contribution is 2.13. The maximum atomic E-state index is 11.7. The largest absolute Gasteiger partial charge is 0.464 e. The zero-order valence-electron chi connectivity index (χ0n) is 10.1. The van der Waals surface area contributed by atoms with Crippen LogP contribution < -0.4 is 5.32 Å². The van der Waals surface area contributed by atoms with Crippen LogP contribution >= 0.6 is 0 Å². The number of rotatable bonds is 4. The Bertz CT molecular complexity index is 534. The molecule has 0 aromatic heterocycles. The van der Waals surface area contributed by atoms with Crippen molar-refractivity contribution in [1.82, 2.24) is 5.32 Å². The predicted octanol–water partition coefficient (Wildman–Crippen LogP) is 1.60. The summed E-state index contributed by atoms with van der Waals surface area (Å²) in [6.45, 7) is 0.352. The SMILES string of the molecule is [N-]=[N+]=Nc1ccc(CC(=O)N[C@H]2CCOC2=O)cc1. The summed E-state index contributed by atoms with van der Waals surface area (Å²) in [6, 6.07) is 6.14. The second kappa shape index (κ2) is 5.88. The first-order valence-electron chi connectivity index (χ1n) is 5.79. The van der Waals surface area contributed by atoms with Gasteiger partial charge >= 0.3 is 5.97 Å². The van der Waals surface area contributed by atoms with E-state index in [2.05, 4.69) is 15.3 Å². The average molecular weight is 260 g/mol. The molecule has 1 N–H and O–H groups in total. The summed E-state index contributed by atoms with van der Waals surface area (Å²) in [5.74, 6) is -0.618. The zero-order chi connectivity index (χ0) is 13.7. The first-order valence-corrected chi connectivity index (χ1v) is 5.79. The van der Waals surface area contributed by atoms with Gasteiger partial charge in [0.1, 0.15) is 6.04 Å². The number of nitrogens with zero attached hydrogens (tertiary/aromatic N) is 3. The van der Waals surface area contributed by atoms with Crippen molar-refractivity contribution in [1.29, 1.82) is 0 Å². The number of nitrogens with one attached hydrogen (secondary N) is 1. The maximum Gasteiger partial charge on any atom is 0.328 e. The third-order valence-corrected chi connectivity index (χ3v) is 2.73. The van der Waals surface area contributed by atoms with Gasteiger partial charge in [-0.1, -0.05) is 29.4 Å². The second-order valence-corrected chi connectivity index (χ2v) is 4.11. The summed E-state index contributed by atoms with van der Waals surface area (Å²) in [6.07, 6.45) is 0.681. The Morgan fingerprint density at radius 2 is 2.21 bits per heavy atom. The van der Waals surface area contributed by atoms with E-state index in [-0.39, 0.29) is 18.3 Å². The van der Waals surface area contributed by atoms with Gasteiger partial charge in [-0.3, -0.25) is 4.79 Å². The quantitative estimate of drug-likeness (QED) is 0.384. The van der Waals surface area contributed by atoms with Gasteiger partial charge < -0.3 is 10.1 Å². The molecule has 1 aromatic carbocycles. The summed E-state index contributed by atoms with van der Waals surface area (Å²) >= 11 is 0. The van der Waals surface area contributed by atoms with Crippen LogP contribution in [0.15, 0.2) is 29.4 Å². The molecule has 19 heavy (non-hydrogen) atoms. The summed E-state index contributed by atoms with van der Waals surface area (Å²) in [5.41, 5.74) is 9.54. The smallest absolute Gasteiger partial charge is 0.328 e. The molecular weight excluding hydrogens is 248 g/mol. The normalized spacial score (nSPS) is 17.5. The summed E-state index contributed by atoms with van der Waals surface area (Å²) in [5, 5.41) is 6.06. The van der Waals surface area contributed by atoms with Crippen molar-refractivity contribution in [2.75, 3.05) is 6.61 Å². The lowest BCUT2D eigenvalue weighted by molar-refractivity contribution is -0.141. The molecule has 1 aromatic rings. The van der Waals surface area contributed by atoms with Crippen LogP contribution in [0.25, 0.3) is 10.4 Å². The van der Waals surface area contributed by atoms with Gasteiger partial charge in [-0.15, -0.1) is 0 Å². The first kappa shape index (κ1) is 12.9. The first-order chi connectivity index (χ1) is 9.19. The van der Waals surface area contributed by atoms with Gasteiger partial charge in [0.2, 0.25) is 5.91 Å². The number of carbonyl (C=O) groups is 2. The molecule has 7 nitrogen and oxygen atoms in total. The maximum absolute atomic E-state index is 11.7. The van der Waals surface area contributed by atoms with Crippen LogP contribution in [0.1, 0.15) is 12.0 Å². The lowest BCUT2D eigenvalue weighted by Gasteiger charge is -2.08. The average Bonchev–Trinajstić information content (AvgIpc) is 2.78. The van der Waals surface area contributed by atoms with Crippen molar-refractivity contribution in [3.8, 4) is 0 Å². The van der Waals surface area contributed by atoms with E-state index in [1.54, 1.807) is 24.3 Å². The van der Waals surface area contributed by atoms with Crippen molar-refractivity contribution in [2.45, 2.75) is 18.9 Å². The van der Waals surface area contributed by atoms with Gasteiger partial charge in [0.25, 0.3) is 0 Å². The van der Waals surface area contributed by atoms with Gasteiger partial charge in [0, 0.05) is 17.0 Å².